The third-order valence-electron chi connectivity index (χ3n) is 3.76. The minimum absolute atomic E-state index is 0.0138. The first-order valence-electron chi connectivity index (χ1n) is 7.52. The van der Waals surface area contributed by atoms with Crippen LogP contribution in [-0.2, 0) is 0 Å². The highest BCUT2D eigenvalue weighted by atomic mass is 16.5. The molecule has 2 aromatic carbocycles. The molecule has 0 aromatic heterocycles. The second-order valence-electron chi connectivity index (χ2n) is 5.41. The Morgan fingerprint density at radius 1 is 1.19 bits per heavy atom. The average molecular weight is 283 g/mol. The maximum atomic E-state index is 6.28. The number of hydrogen-bond donors (Lipinski definition) is 1. The summed E-state index contributed by atoms with van der Waals surface area (Å²) in [5.41, 5.74) is 8.49. The van der Waals surface area contributed by atoms with Gasteiger partial charge in [0.1, 0.15) is 17.6 Å². The van der Waals surface area contributed by atoms with E-state index in [0.717, 1.165) is 42.1 Å². The summed E-state index contributed by atoms with van der Waals surface area (Å²) in [7, 11) is 0. The molecule has 3 heteroatoms. The van der Waals surface area contributed by atoms with Gasteiger partial charge >= 0.3 is 0 Å². The first kappa shape index (κ1) is 14.0. The molecule has 0 saturated carbocycles. The summed E-state index contributed by atoms with van der Waals surface area (Å²) >= 11 is 0. The molecule has 1 heterocycles. The van der Waals surface area contributed by atoms with Gasteiger partial charge in [0.25, 0.3) is 0 Å². The molecule has 0 saturated heterocycles. The highest BCUT2D eigenvalue weighted by Crippen LogP contribution is 2.39. The summed E-state index contributed by atoms with van der Waals surface area (Å²) in [4.78, 5) is 0. The Labute approximate surface area is 125 Å². The SMILES string of the molecule is CCCOc1cccc(C2C[C@H](N)c3ccccc3O2)c1. The summed E-state index contributed by atoms with van der Waals surface area (Å²) < 4.78 is 11.8. The number of fused-ring (bicyclic) bond motifs is 1. The topological polar surface area (TPSA) is 44.5 Å². The van der Waals surface area contributed by atoms with E-state index in [1.165, 1.54) is 0 Å². The lowest BCUT2D eigenvalue weighted by atomic mass is 9.93. The first-order valence-corrected chi connectivity index (χ1v) is 7.52. The number of rotatable bonds is 4. The van der Waals surface area contributed by atoms with Crippen molar-refractivity contribution in [2.24, 2.45) is 5.73 Å². The summed E-state index contributed by atoms with van der Waals surface area (Å²) in [6.45, 7) is 2.83. The Morgan fingerprint density at radius 2 is 2.05 bits per heavy atom. The molecule has 1 aliphatic heterocycles. The molecule has 2 aromatic rings. The molecule has 1 unspecified atom stereocenters. The Balaban J connectivity index is 1.82. The predicted molar refractivity (Wildman–Crippen MR) is 83.6 cm³/mol. The standard InChI is InChI=1S/C18H21NO2/c1-2-10-20-14-7-5-6-13(11-14)18-12-16(19)15-8-3-4-9-17(15)21-18/h3-9,11,16,18H,2,10,12,19H2,1H3/t16-,18?/m0/s1. The fourth-order valence-corrected chi connectivity index (χ4v) is 2.68. The second kappa shape index (κ2) is 6.19. The highest BCUT2D eigenvalue weighted by molar-refractivity contribution is 5.40. The van der Waals surface area contributed by atoms with E-state index in [9.17, 15) is 0 Å². The number of ether oxygens (including phenoxy) is 2. The van der Waals surface area contributed by atoms with E-state index in [2.05, 4.69) is 19.1 Å². The van der Waals surface area contributed by atoms with Gasteiger partial charge in [0.15, 0.2) is 0 Å². The normalized spacial score (nSPS) is 20.5. The molecule has 0 radical (unpaired) electrons. The van der Waals surface area contributed by atoms with Crippen LogP contribution in [0.1, 0.15) is 43.0 Å². The van der Waals surface area contributed by atoms with E-state index in [-0.39, 0.29) is 12.1 Å². The largest absolute Gasteiger partial charge is 0.494 e. The molecule has 1 aliphatic rings. The Bertz CT molecular complexity index is 612. The zero-order valence-corrected chi connectivity index (χ0v) is 12.3. The minimum atomic E-state index is -0.0138. The van der Waals surface area contributed by atoms with Crippen LogP contribution < -0.4 is 15.2 Å². The van der Waals surface area contributed by atoms with Crippen LogP contribution in [0.2, 0.25) is 0 Å². The van der Waals surface area contributed by atoms with Gasteiger partial charge < -0.3 is 15.2 Å². The van der Waals surface area contributed by atoms with Crippen LogP contribution in [0, 0.1) is 0 Å². The maximum Gasteiger partial charge on any atom is 0.126 e. The van der Waals surface area contributed by atoms with Gasteiger partial charge in [-0.2, -0.15) is 0 Å². The van der Waals surface area contributed by atoms with E-state index >= 15 is 0 Å². The van der Waals surface area contributed by atoms with Gasteiger partial charge in [0.05, 0.1) is 6.61 Å². The summed E-state index contributed by atoms with van der Waals surface area (Å²) in [5, 5.41) is 0. The summed E-state index contributed by atoms with van der Waals surface area (Å²) in [6.07, 6.45) is 1.77. The number of para-hydroxylation sites is 1. The van der Waals surface area contributed by atoms with Crippen molar-refractivity contribution in [3.8, 4) is 11.5 Å². The molecular weight excluding hydrogens is 262 g/mol. The molecule has 3 nitrogen and oxygen atoms in total. The lowest BCUT2D eigenvalue weighted by molar-refractivity contribution is 0.161. The molecule has 0 spiro atoms. The van der Waals surface area contributed by atoms with Crippen LogP contribution in [0.3, 0.4) is 0 Å². The zero-order chi connectivity index (χ0) is 14.7. The van der Waals surface area contributed by atoms with Gasteiger partial charge in [-0.3, -0.25) is 0 Å². The van der Waals surface area contributed by atoms with E-state index in [4.69, 9.17) is 15.2 Å². The van der Waals surface area contributed by atoms with E-state index < -0.39 is 0 Å². The van der Waals surface area contributed by atoms with Gasteiger partial charge in [-0.25, -0.2) is 0 Å². The molecular formula is C18H21NO2. The average Bonchev–Trinajstić information content (AvgIpc) is 2.53. The van der Waals surface area contributed by atoms with Crippen LogP contribution in [0.5, 0.6) is 11.5 Å². The van der Waals surface area contributed by atoms with Crippen LogP contribution >= 0.6 is 0 Å². The highest BCUT2D eigenvalue weighted by Gasteiger charge is 2.26. The summed E-state index contributed by atoms with van der Waals surface area (Å²) in [5.74, 6) is 1.78. The van der Waals surface area contributed by atoms with Crippen molar-refractivity contribution in [2.75, 3.05) is 6.61 Å². The monoisotopic (exact) mass is 283 g/mol. The lowest BCUT2D eigenvalue weighted by Crippen LogP contribution is -2.24. The summed E-state index contributed by atoms with van der Waals surface area (Å²) in [6, 6.07) is 16.1. The second-order valence-corrected chi connectivity index (χ2v) is 5.41. The van der Waals surface area contributed by atoms with Gasteiger partial charge in [-0.15, -0.1) is 0 Å². The van der Waals surface area contributed by atoms with Crippen molar-refractivity contribution < 1.29 is 9.47 Å². The van der Waals surface area contributed by atoms with Crippen LogP contribution in [0.25, 0.3) is 0 Å². The molecule has 2 N–H and O–H groups in total. The molecule has 2 atom stereocenters. The van der Waals surface area contributed by atoms with Gasteiger partial charge in [0, 0.05) is 18.0 Å². The van der Waals surface area contributed by atoms with Crippen molar-refractivity contribution in [3.05, 3.63) is 59.7 Å². The predicted octanol–water partition coefficient (Wildman–Crippen LogP) is 4.00. The van der Waals surface area contributed by atoms with Crippen molar-refractivity contribution in [1.29, 1.82) is 0 Å². The van der Waals surface area contributed by atoms with E-state index in [1.807, 2.05) is 36.4 Å². The van der Waals surface area contributed by atoms with Crippen LogP contribution in [0.15, 0.2) is 48.5 Å². The van der Waals surface area contributed by atoms with Gasteiger partial charge in [0.2, 0.25) is 0 Å². The van der Waals surface area contributed by atoms with Gasteiger partial charge in [-0.1, -0.05) is 37.3 Å². The molecule has 110 valence electrons. The van der Waals surface area contributed by atoms with Crippen molar-refractivity contribution in [2.45, 2.75) is 31.9 Å². The third-order valence-corrected chi connectivity index (χ3v) is 3.76. The van der Waals surface area contributed by atoms with E-state index in [0.29, 0.717) is 0 Å². The Hall–Kier alpha value is -2.00. The smallest absolute Gasteiger partial charge is 0.126 e. The maximum absolute atomic E-state index is 6.28. The third kappa shape index (κ3) is 3.03. The number of benzene rings is 2. The fourth-order valence-electron chi connectivity index (χ4n) is 2.68. The Morgan fingerprint density at radius 3 is 2.90 bits per heavy atom. The van der Waals surface area contributed by atoms with Crippen LogP contribution in [0.4, 0.5) is 0 Å². The fraction of sp³-hybridized carbons (Fsp3) is 0.333. The first-order chi connectivity index (χ1) is 10.3. The van der Waals surface area contributed by atoms with Gasteiger partial charge in [-0.05, 0) is 30.2 Å². The lowest BCUT2D eigenvalue weighted by Gasteiger charge is -2.30. The van der Waals surface area contributed by atoms with Crippen LogP contribution in [-0.4, -0.2) is 6.61 Å². The molecule has 21 heavy (non-hydrogen) atoms. The van der Waals surface area contributed by atoms with Crippen molar-refractivity contribution >= 4 is 0 Å². The Kier molecular flexibility index (Phi) is 4.11. The van der Waals surface area contributed by atoms with E-state index in [1.54, 1.807) is 0 Å². The molecule has 0 fully saturated rings. The molecule has 3 rings (SSSR count). The van der Waals surface area contributed by atoms with Crippen molar-refractivity contribution in [1.82, 2.24) is 0 Å². The molecule has 0 amide bonds. The number of hydrogen-bond acceptors (Lipinski definition) is 3. The molecule has 0 aliphatic carbocycles. The van der Waals surface area contributed by atoms with Crippen molar-refractivity contribution in [3.63, 3.8) is 0 Å². The number of nitrogens with two attached hydrogens (primary N) is 1. The minimum Gasteiger partial charge on any atom is -0.494 e. The molecule has 0 bridgehead atoms. The zero-order valence-electron chi connectivity index (χ0n) is 12.3. The quantitative estimate of drug-likeness (QED) is 0.922.